The quantitative estimate of drug-likeness (QED) is 0.353. The van der Waals surface area contributed by atoms with Crippen molar-refractivity contribution < 1.29 is 9.90 Å². The van der Waals surface area contributed by atoms with E-state index in [1.807, 2.05) is 28.7 Å². The number of aromatic hydroxyl groups is 1. The Bertz CT molecular complexity index is 846. The summed E-state index contributed by atoms with van der Waals surface area (Å²) in [5.41, 5.74) is 0.729. The lowest BCUT2D eigenvalue weighted by molar-refractivity contribution is -0.112. The zero-order valence-corrected chi connectivity index (χ0v) is 16.0. The lowest BCUT2D eigenvalue weighted by Crippen LogP contribution is -2.13. The highest BCUT2D eigenvalue weighted by molar-refractivity contribution is 14.1. The molecule has 2 N–H and O–H groups in total. The van der Waals surface area contributed by atoms with E-state index in [1.165, 1.54) is 6.08 Å². The lowest BCUT2D eigenvalue weighted by atomic mass is 10.1. The molecule has 0 spiro atoms. The summed E-state index contributed by atoms with van der Waals surface area (Å²) >= 11 is 11.1. The molecule has 7 heteroatoms. The van der Waals surface area contributed by atoms with Crippen molar-refractivity contribution in [2.45, 2.75) is 0 Å². The first-order valence-electron chi connectivity index (χ1n) is 6.27. The lowest BCUT2D eigenvalue weighted by Gasteiger charge is -2.06. The van der Waals surface area contributed by atoms with Gasteiger partial charge in [-0.2, -0.15) is 5.26 Å². The van der Waals surface area contributed by atoms with Crippen LogP contribution in [-0.4, -0.2) is 11.0 Å². The van der Waals surface area contributed by atoms with Crippen LogP contribution in [0.15, 0.2) is 46.4 Å². The minimum atomic E-state index is -0.579. The van der Waals surface area contributed by atoms with Gasteiger partial charge in [-0.3, -0.25) is 4.79 Å². The van der Waals surface area contributed by atoms with Gasteiger partial charge >= 0.3 is 0 Å². The van der Waals surface area contributed by atoms with Gasteiger partial charge < -0.3 is 10.4 Å². The summed E-state index contributed by atoms with van der Waals surface area (Å²) < 4.78 is 1.34. The van der Waals surface area contributed by atoms with Crippen LogP contribution in [0, 0.1) is 14.9 Å². The standard InChI is InChI=1S/C16H9BrClIN2O2/c17-11-5-9(15(22)14(19)6-11)4-10(8-20)16(23)21-13-3-1-2-12(18)7-13/h1-7,22H,(H,21,23)/b10-4+. The predicted octanol–water partition coefficient (Wildman–Crippen LogP) is 4.96. The smallest absolute Gasteiger partial charge is 0.266 e. The Hall–Kier alpha value is -1.56. The molecule has 2 rings (SSSR count). The molecule has 0 atom stereocenters. The van der Waals surface area contributed by atoms with E-state index in [-0.39, 0.29) is 11.3 Å². The number of carbonyl (C=O) groups is 1. The molecule has 0 fully saturated rings. The third kappa shape index (κ3) is 4.70. The van der Waals surface area contributed by atoms with Gasteiger partial charge in [0.25, 0.3) is 5.91 Å². The number of nitrogens with one attached hydrogen (secondary N) is 1. The molecule has 23 heavy (non-hydrogen) atoms. The zero-order chi connectivity index (χ0) is 17.0. The van der Waals surface area contributed by atoms with Crippen molar-refractivity contribution in [2.75, 3.05) is 5.32 Å². The van der Waals surface area contributed by atoms with Crippen LogP contribution in [0.4, 0.5) is 5.69 Å². The van der Waals surface area contributed by atoms with E-state index in [9.17, 15) is 15.2 Å². The fourth-order valence-electron chi connectivity index (χ4n) is 1.76. The Morgan fingerprint density at radius 3 is 2.78 bits per heavy atom. The normalized spacial score (nSPS) is 11.0. The van der Waals surface area contributed by atoms with Crippen LogP contribution in [0.1, 0.15) is 5.56 Å². The maximum Gasteiger partial charge on any atom is 0.266 e. The number of halogens is 3. The van der Waals surface area contributed by atoms with E-state index >= 15 is 0 Å². The van der Waals surface area contributed by atoms with Gasteiger partial charge in [0.15, 0.2) is 0 Å². The number of anilines is 1. The van der Waals surface area contributed by atoms with Crippen molar-refractivity contribution in [3.8, 4) is 11.8 Å². The van der Waals surface area contributed by atoms with E-state index in [0.29, 0.717) is 19.8 Å². The van der Waals surface area contributed by atoms with Crippen LogP contribution >= 0.6 is 50.1 Å². The number of phenolic OH excluding ortho intramolecular Hbond substituents is 1. The molecule has 1 amide bonds. The van der Waals surface area contributed by atoms with Crippen molar-refractivity contribution in [1.82, 2.24) is 0 Å². The van der Waals surface area contributed by atoms with Crippen LogP contribution in [-0.2, 0) is 4.79 Å². The monoisotopic (exact) mass is 502 g/mol. The van der Waals surface area contributed by atoms with Crippen LogP contribution < -0.4 is 5.32 Å². The van der Waals surface area contributed by atoms with Crippen LogP contribution in [0.5, 0.6) is 5.75 Å². The molecule has 2 aromatic rings. The van der Waals surface area contributed by atoms with Crippen LogP contribution in [0.2, 0.25) is 5.02 Å². The molecule has 0 heterocycles. The largest absolute Gasteiger partial charge is 0.506 e. The number of phenols is 1. The van der Waals surface area contributed by atoms with E-state index < -0.39 is 5.91 Å². The fourth-order valence-corrected chi connectivity index (χ4v) is 3.51. The number of rotatable bonds is 3. The van der Waals surface area contributed by atoms with Gasteiger partial charge in [0, 0.05) is 20.7 Å². The maximum absolute atomic E-state index is 12.2. The van der Waals surface area contributed by atoms with Gasteiger partial charge in [-0.15, -0.1) is 0 Å². The Labute approximate surface area is 160 Å². The molecular formula is C16H9BrClIN2O2. The Morgan fingerprint density at radius 2 is 2.13 bits per heavy atom. The first-order valence-corrected chi connectivity index (χ1v) is 8.52. The average Bonchev–Trinajstić information content (AvgIpc) is 2.49. The first kappa shape index (κ1) is 17.8. The molecule has 0 saturated heterocycles. The molecule has 0 aromatic heterocycles. The van der Waals surface area contributed by atoms with Crippen molar-refractivity contribution >= 4 is 67.8 Å². The zero-order valence-electron chi connectivity index (χ0n) is 11.5. The Kier molecular flexibility index (Phi) is 6.04. The molecule has 0 unspecified atom stereocenters. The molecular weight excluding hydrogens is 494 g/mol. The van der Waals surface area contributed by atoms with E-state index in [0.717, 1.165) is 4.47 Å². The highest BCUT2D eigenvalue weighted by atomic mass is 127. The summed E-state index contributed by atoms with van der Waals surface area (Å²) in [5, 5.41) is 22.3. The van der Waals surface area contributed by atoms with Crippen molar-refractivity contribution in [3.63, 3.8) is 0 Å². The first-order chi connectivity index (χ1) is 10.9. The molecule has 0 saturated carbocycles. The third-order valence-electron chi connectivity index (χ3n) is 2.81. The van der Waals surface area contributed by atoms with E-state index in [4.69, 9.17) is 11.6 Å². The third-order valence-corrected chi connectivity index (χ3v) is 4.32. The van der Waals surface area contributed by atoms with E-state index in [1.54, 1.807) is 36.4 Å². The number of hydrogen-bond donors (Lipinski definition) is 2. The summed E-state index contributed by atoms with van der Waals surface area (Å²) in [7, 11) is 0. The highest BCUT2D eigenvalue weighted by Gasteiger charge is 2.12. The molecule has 0 bridgehead atoms. The van der Waals surface area contributed by atoms with Crippen molar-refractivity contribution in [3.05, 3.63) is 60.6 Å². The highest BCUT2D eigenvalue weighted by Crippen LogP contribution is 2.30. The molecule has 0 aliphatic rings. The molecule has 116 valence electrons. The van der Waals surface area contributed by atoms with Crippen molar-refractivity contribution in [1.29, 1.82) is 5.26 Å². The number of benzene rings is 2. The van der Waals surface area contributed by atoms with Gasteiger partial charge in [0.05, 0.1) is 3.57 Å². The second-order valence-electron chi connectivity index (χ2n) is 4.46. The molecule has 0 radical (unpaired) electrons. The maximum atomic E-state index is 12.2. The van der Waals surface area contributed by atoms with E-state index in [2.05, 4.69) is 21.2 Å². The minimum Gasteiger partial charge on any atom is -0.506 e. The van der Waals surface area contributed by atoms with Gasteiger partial charge in [-0.05, 0) is 59.0 Å². The van der Waals surface area contributed by atoms with Gasteiger partial charge in [0.1, 0.15) is 17.4 Å². The predicted molar refractivity (Wildman–Crippen MR) is 102 cm³/mol. The van der Waals surface area contributed by atoms with Gasteiger partial charge in [-0.25, -0.2) is 0 Å². The second kappa shape index (κ2) is 7.81. The topological polar surface area (TPSA) is 73.1 Å². The van der Waals surface area contributed by atoms with Crippen molar-refractivity contribution in [2.24, 2.45) is 0 Å². The summed E-state index contributed by atoms with van der Waals surface area (Å²) in [5.74, 6) is -0.568. The van der Waals surface area contributed by atoms with Crippen LogP contribution in [0.25, 0.3) is 6.08 Å². The summed E-state index contributed by atoms with van der Waals surface area (Å²) in [6.07, 6.45) is 1.34. The number of amides is 1. The molecule has 0 aliphatic carbocycles. The van der Waals surface area contributed by atoms with Crippen LogP contribution in [0.3, 0.4) is 0 Å². The van der Waals surface area contributed by atoms with Gasteiger partial charge in [0.2, 0.25) is 0 Å². The summed E-state index contributed by atoms with van der Waals surface area (Å²) in [6, 6.07) is 11.8. The Morgan fingerprint density at radius 1 is 1.39 bits per heavy atom. The summed E-state index contributed by atoms with van der Waals surface area (Å²) in [4.78, 5) is 12.2. The minimum absolute atomic E-state index is 0.0112. The molecule has 0 aliphatic heterocycles. The number of hydrogen-bond acceptors (Lipinski definition) is 3. The summed E-state index contributed by atoms with van der Waals surface area (Å²) in [6.45, 7) is 0. The number of nitrogens with zero attached hydrogens (tertiary/aromatic N) is 1. The Balaban J connectivity index is 2.32. The molecule has 4 nitrogen and oxygen atoms in total. The average molecular weight is 504 g/mol. The molecule has 2 aromatic carbocycles. The fraction of sp³-hybridized carbons (Fsp3) is 0. The second-order valence-corrected chi connectivity index (χ2v) is 6.97. The SMILES string of the molecule is N#C/C(=C\c1cc(Br)cc(I)c1O)C(=O)Nc1cccc(Cl)c1. The number of carbonyl (C=O) groups excluding carboxylic acids is 1. The van der Waals surface area contributed by atoms with Gasteiger partial charge in [-0.1, -0.05) is 33.6 Å². The number of nitriles is 1.